The van der Waals surface area contributed by atoms with E-state index >= 15 is 0 Å². The van der Waals surface area contributed by atoms with Gasteiger partial charge in [0.15, 0.2) is 5.82 Å². The third-order valence-electron chi connectivity index (χ3n) is 5.13. The number of nitrogen functional groups attached to an aromatic ring is 1. The van der Waals surface area contributed by atoms with Crippen LogP contribution in [0.1, 0.15) is 10.4 Å². The number of terminal acetylenes is 1. The number of hydrogen-bond donors (Lipinski definition) is 1. The van der Waals surface area contributed by atoms with Crippen LogP contribution >= 0.6 is 11.3 Å². The van der Waals surface area contributed by atoms with Gasteiger partial charge in [-0.15, -0.1) is 17.8 Å². The van der Waals surface area contributed by atoms with Gasteiger partial charge in [0.2, 0.25) is 0 Å². The molecule has 2 N–H and O–H groups in total. The number of aromatic nitrogens is 2. The lowest BCUT2D eigenvalue weighted by molar-refractivity contribution is 0.314. The maximum absolute atomic E-state index is 12.9. The largest absolute Gasteiger partial charge is 0.490 e. The molecule has 4 aromatic rings. The van der Waals surface area contributed by atoms with Gasteiger partial charge in [0, 0.05) is 5.69 Å². The average Bonchev–Trinajstić information content (AvgIpc) is 3.17. The van der Waals surface area contributed by atoms with Gasteiger partial charge >= 0.3 is 0 Å². The zero-order chi connectivity index (χ0) is 20.8. The van der Waals surface area contributed by atoms with Gasteiger partial charge in [-0.05, 0) is 43.3 Å². The van der Waals surface area contributed by atoms with Gasteiger partial charge < -0.3 is 15.4 Å². The highest BCUT2D eigenvalue weighted by molar-refractivity contribution is 7.19. The number of thiophene rings is 1. The van der Waals surface area contributed by atoms with Crippen molar-refractivity contribution in [2.24, 2.45) is 0 Å². The van der Waals surface area contributed by atoms with Crippen LogP contribution in [0.5, 0.6) is 5.75 Å². The van der Waals surface area contributed by atoms with Crippen molar-refractivity contribution in [3.05, 3.63) is 69.3 Å². The number of aryl methyl sites for hydroxylation is 1. The maximum atomic E-state index is 12.9. The van der Waals surface area contributed by atoms with Crippen LogP contribution in [0.25, 0.3) is 16.0 Å². The number of benzene rings is 2. The molecule has 3 heterocycles. The van der Waals surface area contributed by atoms with Crippen LogP contribution < -0.4 is 20.9 Å². The zero-order valence-corrected chi connectivity index (χ0v) is 17.1. The zero-order valence-electron chi connectivity index (χ0n) is 16.3. The van der Waals surface area contributed by atoms with E-state index in [4.69, 9.17) is 16.9 Å². The fourth-order valence-electron chi connectivity index (χ4n) is 3.66. The lowest BCUT2D eigenvalue weighted by atomic mass is 10.1. The third kappa shape index (κ3) is 2.90. The molecule has 148 valence electrons. The summed E-state index contributed by atoms with van der Waals surface area (Å²) in [5.74, 6) is 3.32. The van der Waals surface area contributed by atoms with Crippen LogP contribution in [0.15, 0.2) is 53.3 Å². The molecule has 0 unspecified atom stereocenters. The molecule has 0 radical (unpaired) electrons. The van der Waals surface area contributed by atoms with Crippen molar-refractivity contribution in [3.63, 3.8) is 0 Å². The number of hydrogen-bond acceptors (Lipinski definition) is 6. The van der Waals surface area contributed by atoms with Crippen LogP contribution in [0, 0.1) is 19.3 Å². The highest BCUT2D eigenvalue weighted by Gasteiger charge is 2.22. The predicted octanol–water partition coefficient (Wildman–Crippen LogP) is 3.85. The molecule has 2 aromatic carbocycles. The SMILES string of the molecule is C#Cc1cc2c(nc(N)c(=O)n2-c2ccc3c(c2)N(c2ccc(C)cc2)CCO3)s1. The van der Waals surface area contributed by atoms with E-state index in [1.165, 1.54) is 16.9 Å². The molecule has 6 nitrogen and oxygen atoms in total. The molecule has 1 aliphatic rings. The van der Waals surface area contributed by atoms with Crippen molar-refractivity contribution in [1.29, 1.82) is 0 Å². The summed E-state index contributed by atoms with van der Waals surface area (Å²) < 4.78 is 7.43. The van der Waals surface area contributed by atoms with Crippen LogP contribution in [0.3, 0.4) is 0 Å². The Morgan fingerprint density at radius 1 is 1.17 bits per heavy atom. The average molecular weight is 414 g/mol. The quantitative estimate of drug-likeness (QED) is 0.505. The van der Waals surface area contributed by atoms with Crippen molar-refractivity contribution in [2.75, 3.05) is 23.8 Å². The first-order valence-corrected chi connectivity index (χ1v) is 10.3. The molecule has 0 aliphatic carbocycles. The first-order chi connectivity index (χ1) is 14.5. The minimum Gasteiger partial charge on any atom is -0.490 e. The molecule has 0 amide bonds. The van der Waals surface area contributed by atoms with Gasteiger partial charge in [-0.3, -0.25) is 9.36 Å². The first-order valence-electron chi connectivity index (χ1n) is 9.45. The van der Waals surface area contributed by atoms with E-state index in [1.54, 1.807) is 10.6 Å². The van der Waals surface area contributed by atoms with Crippen LogP contribution in [-0.4, -0.2) is 22.7 Å². The monoisotopic (exact) mass is 414 g/mol. The molecule has 0 saturated heterocycles. The number of nitrogens with zero attached hydrogens (tertiary/aromatic N) is 3. The highest BCUT2D eigenvalue weighted by Crippen LogP contribution is 2.38. The number of fused-ring (bicyclic) bond motifs is 2. The molecule has 1 aliphatic heterocycles. The molecule has 7 heteroatoms. The summed E-state index contributed by atoms with van der Waals surface area (Å²) >= 11 is 1.33. The molecular weight excluding hydrogens is 396 g/mol. The Hall–Kier alpha value is -3.76. The fraction of sp³-hybridized carbons (Fsp3) is 0.130. The summed E-state index contributed by atoms with van der Waals surface area (Å²) in [4.78, 5) is 20.7. The predicted molar refractivity (Wildman–Crippen MR) is 121 cm³/mol. The summed E-state index contributed by atoms with van der Waals surface area (Å²) in [5.41, 5.74) is 10.0. The van der Waals surface area contributed by atoms with Gasteiger partial charge in [0.05, 0.1) is 28.3 Å². The Labute approximate surface area is 177 Å². The molecule has 2 aromatic heterocycles. The summed E-state index contributed by atoms with van der Waals surface area (Å²) in [6.07, 6.45) is 5.55. The summed E-state index contributed by atoms with van der Waals surface area (Å²) in [6, 6.07) is 15.8. The van der Waals surface area contributed by atoms with Gasteiger partial charge in [-0.1, -0.05) is 23.6 Å². The fourth-order valence-corrected chi connectivity index (χ4v) is 4.50. The van der Waals surface area contributed by atoms with Crippen molar-refractivity contribution in [1.82, 2.24) is 9.55 Å². The van der Waals surface area contributed by atoms with Crippen LogP contribution in [0.4, 0.5) is 17.2 Å². The van der Waals surface area contributed by atoms with E-state index in [9.17, 15) is 4.79 Å². The summed E-state index contributed by atoms with van der Waals surface area (Å²) in [6.45, 7) is 3.36. The number of anilines is 3. The number of rotatable bonds is 2. The standard InChI is InChI=1S/C23H18N4O2S/c1-3-17-13-19-22(30-17)25-21(24)23(28)27(19)16-8-9-20-18(12-16)26(10-11-29-20)15-6-4-14(2)5-7-15/h1,4-9,12-13H,10-11H2,2H3,(H2,24,25). The second-order valence-electron chi connectivity index (χ2n) is 7.07. The third-order valence-corrected chi connectivity index (χ3v) is 6.08. The second kappa shape index (κ2) is 6.94. The highest BCUT2D eigenvalue weighted by atomic mass is 32.1. The smallest absolute Gasteiger partial charge is 0.298 e. The summed E-state index contributed by atoms with van der Waals surface area (Å²) in [5, 5.41) is 0. The molecule has 30 heavy (non-hydrogen) atoms. The van der Waals surface area contributed by atoms with Gasteiger partial charge in [0.1, 0.15) is 17.2 Å². The van der Waals surface area contributed by atoms with Crippen LogP contribution in [0.2, 0.25) is 0 Å². The lowest BCUT2D eigenvalue weighted by Gasteiger charge is -2.32. The molecule has 5 rings (SSSR count). The van der Waals surface area contributed by atoms with E-state index < -0.39 is 0 Å². The van der Waals surface area contributed by atoms with E-state index in [1.807, 2.05) is 18.2 Å². The molecular formula is C23H18N4O2S. The minimum absolute atomic E-state index is 0.0581. The molecule has 0 bridgehead atoms. The Balaban J connectivity index is 1.71. The van der Waals surface area contributed by atoms with Crippen molar-refractivity contribution >= 4 is 38.9 Å². The van der Waals surface area contributed by atoms with E-state index in [0.29, 0.717) is 34.1 Å². The molecule has 0 atom stereocenters. The Morgan fingerprint density at radius 2 is 1.93 bits per heavy atom. The Morgan fingerprint density at radius 3 is 2.70 bits per heavy atom. The van der Waals surface area contributed by atoms with E-state index in [-0.39, 0.29) is 11.4 Å². The van der Waals surface area contributed by atoms with Crippen molar-refractivity contribution in [3.8, 4) is 23.8 Å². The van der Waals surface area contributed by atoms with Crippen LogP contribution in [-0.2, 0) is 0 Å². The Bertz CT molecular complexity index is 1380. The maximum Gasteiger partial charge on any atom is 0.298 e. The number of nitrogens with two attached hydrogens (primary N) is 1. The van der Waals surface area contributed by atoms with Crippen molar-refractivity contribution in [2.45, 2.75) is 6.92 Å². The Kier molecular flexibility index (Phi) is 4.23. The second-order valence-corrected chi connectivity index (χ2v) is 8.10. The normalized spacial score (nSPS) is 13.0. The lowest BCUT2D eigenvalue weighted by Crippen LogP contribution is -2.29. The summed E-state index contributed by atoms with van der Waals surface area (Å²) in [7, 11) is 0. The van der Waals surface area contributed by atoms with Gasteiger partial charge in [-0.2, -0.15) is 0 Å². The molecule has 0 saturated carbocycles. The molecule has 0 fully saturated rings. The topological polar surface area (TPSA) is 73.4 Å². The van der Waals surface area contributed by atoms with E-state index in [0.717, 1.165) is 17.1 Å². The minimum atomic E-state index is -0.373. The van der Waals surface area contributed by atoms with Gasteiger partial charge in [0.25, 0.3) is 5.56 Å². The van der Waals surface area contributed by atoms with Gasteiger partial charge in [-0.25, -0.2) is 4.98 Å². The van der Waals surface area contributed by atoms with E-state index in [2.05, 4.69) is 47.0 Å². The first kappa shape index (κ1) is 18.3. The number of ether oxygens (including phenoxy) is 1. The van der Waals surface area contributed by atoms with Crippen molar-refractivity contribution < 1.29 is 4.74 Å². The molecule has 0 spiro atoms.